The molecule has 1 heterocycles. The van der Waals surface area contributed by atoms with Crippen LogP contribution < -0.4 is 0 Å². The highest BCUT2D eigenvalue weighted by atomic mass is 19.3. The number of aliphatic hydroxyl groups excluding tert-OH is 1. The Labute approximate surface area is 169 Å². The number of nitrogens with zero attached hydrogens (tertiary/aromatic N) is 1. The number of halogens is 2. The molecule has 0 unspecified atom stereocenters. The smallest absolute Gasteiger partial charge is 0.335 e. The van der Waals surface area contributed by atoms with E-state index in [2.05, 4.69) is 11.8 Å². The number of amides is 1. The molecule has 1 aliphatic heterocycles. The number of carbonyl (C=O) groups is 2. The molecule has 156 valence electrons. The van der Waals surface area contributed by atoms with E-state index in [0.29, 0.717) is 12.8 Å². The second kappa shape index (κ2) is 9.66. The average molecular weight is 405 g/mol. The van der Waals surface area contributed by atoms with Gasteiger partial charge in [0.2, 0.25) is 0 Å². The van der Waals surface area contributed by atoms with E-state index < -0.39 is 36.4 Å². The third kappa shape index (κ3) is 5.88. The second-order valence-corrected chi connectivity index (χ2v) is 7.21. The molecule has 0 spiro atoms. The first-order valence-corrected chi connectivity index (χ1v) is 9.43. The molecular weight excluding hydrogens is 380 g/mol. The molecule has 0 aliphatic carbocycles. The molecule has 5 nitrogen and oxygen atoms in total. The van der Waals surface area contributed by atoms with Crippen molar-refractivity contribution in [1.82, 2.24) is 4.90 Å². The summed E-state index contributed by atoms with van der Waals surface area (Å²) in [4.78, 5) is 24.1. The Hall–Kier alpha value is -2.72. The molecule has 1 aromatic carbocycles. The number of carboxylic acids is 1. The third-order valence-electron chi connectivity index (χ3n) is 5.00. The Morgan fingerprint density at radius 1 is 1.38 bits per heavy atom. The Bertz CT molecular complexity index is 823. The van der Waals surface area contributed by atoms with Gasteiger partial charge in [-0.3, -0.25) is 4.79 Å². The molecule has 1 saturated heterocycles. The minimum absolute atomic E-state index is 0.0722. The van der Waals surface area contributed by atoms with Gasteiger partial charge in [-0.05, 0) is 37.0 Å². The van der Waals surface area contributed by atoms with Crippen LogP contribution in [0.15, 0.2) is 36.4 Å². The van der Waals surface area contributed by atoms with E-state index in [9.17, 15) is 23.5 Å². The molecule has 0 aromatic heterocycles. The quantitative estimate of drug-likeness (QED) is 0.515. The van der Waals surface area contributed by atoms with E-state index in [1.807, 2.05) is 6.92 Å². The highest BCUT2D eigenvalue weighted by Gasteiger charge is 2.52. The highest BCUT2D eigenvalue weighted by Crippen LogP contribution is 2.34. The summed E-state index contributed by atoms with van der Waals surface area (Å²) in [5.74, 6) is -0.252. The number of alkyl halides is 2. The summed E-state index contributed by atoms with van der Waals surface area (Å²) in [6.45, 7) is 3.59. The monoisotopic (exact) mass is 405 g/mol. The van der Waals surface area contributed by atoms with Crippen LogP contribution in [0.25, 0.3) is 0 Å². The summed E-state index contributed by atoms with van der Waals surface area (Å²) in [5, 5.41) is 19.1. The van der Waals surface area contributed by atoms with E-state index in [1.165, 1.54) is 24.3 Å². The number of aromatic carboxylic acids is 1. The number of hydrogen-bond acceptors (Lipinski definition) is 3. The number of likely N-dealkylation sites (tertiary alicyclic amines) is 1. The summed E-state index contributed by atoms with van der Waals surface area (Å²) in [7, 11) is 0. The normalized spacial score (nSPS) is 20.4. The number of aliphatic hydroxyl groups is 1. The van der Waals surface area contributed by atoms with E-state index >= 15 is 0 Å². The van der Waals surface area contributed by atoms with Crippen LogP contribution in [-0.2, 0) is 11.2 Å². The maximum absolute atomic E-state index is 14.0. The molecule has 29 heavy (non-hydrogen) atoms. The van der Waals surface area contributed by atoms with Gasteiger partial charge in [0.1, 0.15) is 0 Å². The second-order valence-electron chi connectivity index (χ2n) is 7.21. The van der Waals surface area contributed by atoms with Crippen molar-refractivity contribution >= 4 is 11.9 Å². The number of carboxylic acid groups (broad SMARTS) is 1. The maximum Gasteiger partial charge on any atom is 0.335 e. The fourth-order valence-corrected chi connectivity index (χ4v) is 3.14. The predicted octanol–water partition coefficient (Wildman–Crippen LogP) is 3.13. The van der Waals surface area contributed by atoms with Gasteiger partial charge in [0.05, 0.1) is 17.7 Å². The Kier molecular flexibility index (Phi) is 7.52. The zero-order valence-electron chi connectivity index (χ0n) is 16.4. The van der Waals surface area contributed by atoms with Crippen LogP contribution >= 0.6 is 0 Å². The maximum atomic E-state index is 14.0. The molecule has 0 saturated carbocycles. The van der Waals surface area contributed by atoms with E-state index in [-0.39, 0.29) is 18.0 Å². The molecular formula is C22H25F2NO4. The van der Waals surface area contributed by atoms with Crippen molar-refractivity contribution in [1.29, 1.82) is 0 Å². The largest absolute Gasteiger partial charge is 0.478 e. The van der Waals surface area contributed by atoms with E-state index in [4.69, 9.17) is 5.11 Å². The summed E-state index contributed by atoms with van der Waals surface area (Å²) < 4.78 is 28.0. The molecule has 2 rings (SSSR count). The van der Waals surface area contributed by atoms with Crippen molar-refractivity contribution in [3.05, 3.63) is 47.5 Å². The average Bonchev–Trinajstić information content (AvgIpc) is 2.91. The van der Waals surface area contributed by atoms with Crippen molar-refractivity contribution in [3.63, 3.8) is 0 Å². The Morgan fingerprint density at radius 2 is 2.03 bits per heavy atom. The van der Waals surface area contributed by atoms with E-state index in [1.54, 1.807) is 19.1 Å². The Balaban J connectivity index is 2.06. The summed E-state index contributed by atoms with van der Waals surface area (Å²) >= 11 is 0. The number of benzene rings is 1. The molecule has 1 aromatic rings. The van der Waals surface area contributed by atoms with Gasteiger partial charge in [0.25, 0.3) is 5.91 Å². The zero-order chi connectivity index (χ0) is 21.6. The molecule has 1 aliphatic rings. The lowest BCUT2D eigenvalue weighted by molar-refractivity contribution is -0.148. The van der Waals surface area contributed by atoms with Crippen LogP contribution in [0.2, 0.25) is 0 Å². The first kappa shape index (κ1) is 22.6. The van der Waals surface area contributed by atoms with Crippen LogP contribution in [-0.4, -0.2) is 51.6 Å². The molecule has 1 amide bonds. The van der Waals surface area contributed by atoms with Gasteiger partial charge in [0, 0.05) is 19.4 Å². The van der Waals surface area contributed by atoms with Gasteiger partial charge < -0.3 is 15.1 Å². The standard InChI is InChI=1S/C22H25F2NO4/c1-3-4-5-15(2)19(26)11-10-18-14-22(23,24)21(29)25(18)13-12-16-6-8-17(9-7-16)20(27)28/h6-11,15,18-19,26H,5,12-14H2,1-2H3,(H,27,28)/t15-,18-,19-/m0/s1. The van der Waals surface area contributed by atoms with Gasteiger partial charge in [0.15, 0.2) is 0 Å². The van der Waals surface area contributed by atoms with Gasteiger partial charge in [-0.25, -0.2) is 4.79 Å². The predicted molar refractivity (Wildman–Crippen MR) is 105 cm³/mol. The minimum Gasteiger partial charge on any atom is -0.478 e. The van der Waals surface area contributed by atoms with Gasteiger partial charge >= 0.3 is 11.9 Å². The molecule has 0 bridgehead atoms. The molecule has 7 heteroatoms. The van der Waals surface area contributed by atoms with Crippen LogP contribution in [0.4, 0.5) is 8.78 Å². The van der Waals surface area contributed by atoms with Crippen LogP contribution in [0.5, 0.6) is 0 Å². The lowest BCUT2D eigenvalue weighted by atomic mass is 10.00. The first-order chi connectivity index (χ1) is 13.7. The third-order valence-corrected chi connectivity index (χ3v) is 5.00. The number of rotatable bonds is 8. The first-order valence-electron chi connectivity index (χ1n) is 9.43. The molecule has 0 radical (unpaired) electrons. The van der Waals surface area contributed by atoms with Gasteiger partial charge in [-0.1, -0.05) is 31.2 Å². The topological polar surface area (TPSA) is 77.8 Å². The fourth-order valence-electron chi connectivity index (χ4n) is 3.14. The van der Waals surface area contributed by atoms with Gasteiger partial charge in [-0.15, -0.1) is 11.8 Å². The lowest BCUT2D eigenvalue weighted by Gasteiger charge is -2.22. The zero-order valence-corrected chi connectivity index (χ0v) is 16.4. The van der Waals surface area contributed by atoms with E-state index in [0.717, 1.165) is 10.5 Å². The number of carbonyl (C=O) groups excluding carboxylic acids is 1. The van der Waals surface area contributed by atoms with Crippen molar-refractivity contribution in [3.8, 4) is 11.8 Å². The molecule has 1 fully saturated rings. The summed E-state index contributed by atoms with van der Waals surface area (Å²) in [6, 6.07) is 5.27. The molecule has 2 N–H and O–H groups in total. The number of hydrogen-bond donors (Lipinski definition) is 2. The minimum atomic E-state index is -3.44. The van der Waals surface area contributed by atoms with Crippen molar-refractivity contribution in [2.75, 3.05) is 6.54 Å². The fraction of sp³-hybridized carbons (Fsp3) is 0.455. The summed E-state index contributed by atoms with van der Waals surface area (Å²) in [6.07, 6.45) is 2.25. The van der Waals surface area contributed by atoms with Crippen molar-refractivity contribution in [2.24, 2.45) is 5.92 Å². The van der Waals surface area contributed by atoms with Crippen LogP contribution in [0.3, 0.4) is 0 Å². The lowest BCUT2D eigenvalue weighted by Crippen LogP contribution is -2.37. The van der Waals surface area contributed by atoms with Crippen LogP contribution in [0, 0.1) is 17.8 Å². The molecule has 3 atom stereocenters. The van der Waals surface area contributed by atoms with Crippen molar-refractivity contribution in [2.45, 2.75) is 51.2 Å². The summed E-state index contributed by atoms with van der Waals surface area (Å²) in [5.41, 5.74) is 0.877. The Morgan fingerprint density at radius 3 is 2.62 bits per heavy atom. The van der Waals surface area contributed by atoms with Gasteiger partial charge in [-0.2, -0.15) is 8.78 Å². The van der Waals surface area contributed by atoms with Crippen molar-refractivity contribution < 1.29 is 28.6 Å². The SMILES string of the molecule is CC#CC[C@H](C)[C@@H](O)C=C[C@H]1CC(F)(F)C(=O)N1CCc1ccc(C(=O)O)cc1. The highest BCUT2D eigenvalue weighted by molar-refractivity contribution is 5.87. The van der Waals surface area contributed by atoms with Crippen LogP contribution in [0.1, 0.15) is 42.6 Å².